The van der Waals surface area contributed by atoms with Crippen LogP contribution in [0.1, 0.15) is 18.1 Å². The van der Waals surface area contributed by atoms with Gasteiger partial charge in [0.15, 0.2) is 11.5 Å². The molecule has 1 saturated heterocycles. The molecule has 0 amide bonds. The molecule has 27 heavy (non-hydrogen) atoms. The van der Waals surface area contributed by atoms with Gasteiger partial charge >= 0.3 is 0 Å². The topological polar surface area (TPSA) is 76.9 Å². The van der Waals surface area contributed by atoms with Crippen LogP contribution in [0.3, 0.4) is 0 Å². The van der Waals surface area contributed by atoms with E-state index >= 15 is 0 Å². The minimum atomic E-state index is -0.351. The third-order valence-electron chi connectivity index (χ3n) is 4.65. The summed E-state index contributed by atoms with van der Waals surface area (Å²) in [4.78, 5) is 13.5. The number of methoxy groups -OCH3 is 1. The number of hydrogen-bond donors (Lipinski definition) is 1. The summed E-state index contributed by atoms with van der Waals surface area (Å²) in [7, 11) is 1.55. The summed E-state index contributed by atoms with van der Waals surface area (Å²) in [6.45, 7) is 5.54. The van der Waals surface area contributed by atoms with E-state index in [4.69, 9.17) is 9.47 Å². The molecule has 0 spiro atoms. The van der Waals surface area contributed by atoms with Gasteiger partial charge in [0.1, 0.15) is 6.61 Å². The number of hydrogen-bond acceptors (Lipinski definition) is 6. The average Bonchev–Trinajstić information content (AvgIpc) is 2.67. The Kier molecular flexibility index (Phi) is 6.26. The van der Waals surface area contributed by atoms with Crippen molar-refractivity contribution in [1.82, 2.24) is 10.2 Å². The minimum Gasteiger partial charge on any atom is -0.493 e. The molecule has 0 bridgehead atoms. The Morgan fingerprint density at radius 1 is 1.26 bits per heavy atom. The van der Waals surface area contributed by atoms with Gasteiger partial charge < -0.3 is 14.8 Å². The minimum absolute atomic E-state index is 0.0602. The van der Waals surface area contributed by atoms with Gasteiger partial charge in [-0.15, -0.1) is 0 Å². The third kappa shape index (κ3) is 4.96. The maximum absolute atomic E-state index is 11.6. The molecule has 3 rings (SSSR count). The van der Waals surface area contributed by atoms with Gasteiger partial charge in [0.25, 0.3) is 5.69 Å². The highest BCUT2D eigenvalue weighted by atomic mass is 16.6. The molecule has 7 nitrogen and oxygen atoms in total. The van der Waals surface area contributed by atoms with E-state index in [1.54, 1.807) is 13.2 Å². The summed E-state index contributed by atoms with van der Waals surface area (Å²) in [6, 6.07) is 13.2. The lowest BCUT2D eigenvalue weighted by Gasteiger charge is -2.31. The van der Waals surface area contributed by atoms with Gasteiger partial charge in [0.05, 0.1) is 18.1 Å². The zero-order valence-electron chi connectivity index (χ0n) is 15.7. The molecule has 1 aliphatic heterocycles. The summed E-state index contributed by atoms with van der Waals surface area (Å²) >= 11 is 0. The Bertz CT molecular complexity index is 782. The second-order valence-corrected chi connectivity index (χ2v) is 6.75. The molecule has 7 heteroatoms. The van der Waals surface area contributed by atoms with Crippen LogP contribution in [0.5, 0.6) is 11.5 Å². The van der Waals surface area contributed by atoms with Crippen LogP contribution in [-0.4, -0.2) is 42.6 Å². The zero-order valence-corrected chi connectivity index (χ0v) is 15.7. The fraction of sp³-hybridized carbons (Fsp3) is 0.400. The van der Waals surface area contributed by atoms with Crippen LogP contribution in [0.25, 0.3) is 0 Å². The van der Waals surface area contributed by atoms with E-state index < -0.39 is 0 Å². The van der Waals surface area contributed by atoms with E-state index in [0.29, 0.717) is 36.3 Å². The van der Waals surface area contributed by atoms with E-state index in [-0.39, 0.29) is 10.6 Å². The Balaban J connectivity index is 1.82. The van der Waals surface area contributed by atoms with Gasteiger partial charge in [-0.05, 0) is 18.6 Å². The van der Waals surface area contributed by atoms with Gasteiger partial charge in [-0.2, -0.15) is 0 Å². The normalized spacial score (nSPS) is 17.5. The number of nitro groups is 1. The van der Waals surface area contributed by atoms with Crippen molar-refractivity contribution in [3.63, 3.8) is 0 Å². The molecule has 1 heterocycles. The molecule has 1 N–H and O–H groups in total. The van der Waals surface area contributed by atoms with Crippen LogP contribution in [0, 0.1) is 10.1 Å². The van der Waals surface area contributed by atoms with Crippen molar-refractivity contribution in [3.05, 3.63) is 63.7 Å². The quantitative estimate of drug-likeness (QED) is 0.596. The van der Waals surface area contributed by atoms with Crippen molar-refractivity contribution in [2.75, 3.05) is 26.7 Å². The van der Waals surface area contributed by atoms with Gasteiger partial charge in [-0.25, -0.2) is 0 Å². The summed E-state index contributed by atoms with van der Waals surface area (Å²) in [5.74, 6) is 0.889. The molecule has 144 valence electrons. The lowest BCUT2D eigenvalue weighted by Crippen LogP contribution is -2.48. The van der Waals surface area contributed by atoms with Crippen molar-refractivity contribution in [2.24, 2.45) is 0 Å². The van der Waals surface area contributed by atoms with Crippen LogP contribution in [0.2, 0.25) is 0 Å². The maximum atomic E-state index is 11.6. The number of ether oxygens (including phenoxy) is 2. The first-order chi connectivity index (χ1) is 13.1. The molecule has 1 unspecified atom stereocenters. The van der Waals surface area contributed by atoms with Crippen molar-refractivity contribution < 1.29 is 14.4 Å². The number of nitro benzene ring substituents is 1. The smallest absolute Gasteiger partial charge is 0.277 e. The lowest BCUT2D eigenvalue weighted by atomic mass is 10.1. The van der Waals surface area contributed by atoms with Crippen LogP contribution in [0.15, 0.2) is 42.5 Å². The largest absolute Gasteiger partial charge is 0.493 e. The van der Waals surface area contributed by atoms with Crippen LogP contribution >= 0.6 is 0 Å². The van der Waals surface area contributed by atoms with Gasteiger partial charge in [-0.3, -0.25) is 15.0 Å². The fourth-order valence-electron chi connectivity index (χ4n) is 3.29. The molecule has 2 aromatic rings. The molecule has 0 saturated carbocycles. The maximum Gasteiger partial charge on any atom is 0.277 e. The second kappa shape index (κ2) is 8.83. The second-order valence-electron chi connectivity index (χ2n) is 6.75. The van der Waals surface area contributed by atoms with E-state index in [9.17, 15) is 10.1 Å². The predicted octanol–water partition coefficient (Wildman–Crippen LogP) is 2.98. The number of rotatable bonds is 7. The number of nitrogens with one attached hydrogen (secondary N) is 1. The van der Waals surface area contributed by atoms with E-state index in [1.807, 2.05) is 30.3 Å². The highest BCUT2D eigenvalue weighted by Gasteiger charge is 2.23. The highest BCUT2D eigenvalue weighted by molar-refractivity contribution is 5.54. The van der Waals surface area contributed by atoms with Crippen LogP contribution < -0.4 is 14.8 Å². The Hall–Kier alpha value is -2.64. The first-order valence-electron chi connectivity index (χ1n) is 9.04. The van der Waals surface area contributed by atoms with Crippen molar-refractivity contribution in [1.29, 1.82) is 0 Å². The molecule has 2 aromatic carbocycles. The lowest BCUT2D eigenvalue weighted by molar-refractivity contribution is -0.385. The first-order valence-corrected chi connectivity index (χ1v) is 9.04. The standard InChI is InChI=1S/C20H25N3O4/c1-15-12-22(9-8-21-15)13-17-10-19(26-2)20(11-18(17)23(24)25)27-14-16-6-4-3-5-7-16/h3-7,10-11,15,21H,8-9,12-14H2,1-2H3. The zero-order chi connectivity index (χ0) is 19.2. The average molecular weight is 371 g/mol. The Morgan fingerprint density at radius 3 is 2.70 bits per heavy atom. The monoisotopic (exact) mass is 371 g/mol. The summed E-state index contributed by atoms with van der Waals surface area (Å²) in [6.07, 6.45) is 0. The van der Waals surface area contributed by atoms with E-state index in [0.717, 1.165) is 25.2 Å². The van der Waals surface area contributed by atoms with Gasteiger partial charge in [0.2, 0.25) is 0 Å². The van der Waals surface area contributed by atoms with Crippen molar-refractivity contribution in [3.8, 4) is 11.5 Å². The Morgan fingerprint density at radius 2 is 2.04 bits per heavy atom. The molecule has 1 aliphatic rings. The molecular formula is C20H25N3O4. The van der Waals surface area contributed by atoms with Crippen molar-refractivity contribution >= 4 is 5.69 Å². The number of nitrogens with zero attached hydrogens (tertiary/aromatic N) is 2. The first kappa shape index (κ1) is 19.1. The van der Waals surface area contributed by atoms with Crippen LogP contribution in [0.4, 0.5) is 5.69 Å². The number of benzene rings is 2. The molecule has 1 fully saturated rings. The Labute approximate surface area is 159 Å². The molecule has 0 aliphatic carbocycles. The summed E-state index contributed by atoms with van der Waals surface area (Å²) in [5, 5.41) is 15.0. The SMILES string of the molecule is COc1cc(CN2CCNC(C)C2)c([N+](=O)[O-])cc1OCc1ccccc1. The summed E-state index contributed by atoms with van der Waals surface area (Å²) < 4.78 is 11.3. The highest BCUT2D eigenvalue weighted by Crippen LogP contribution is 2.36. The fourth-order valence-corrected chi connectivity index (χ4v) is 3.29. The van der Waals surface area contributed by atoms with E-state index in [2.05, 4.69) is 17.1 Å². The molecular weight excluding hydrogens is 346 g/mol. The molecule has 0 radical (unpaired) electrons. The van der Waals surface area contributed by atoms with Gasteiger partial charge in [-0.1, -0.05) is 30.3 Å². The third-order valence-corrected chi connectivity index (χ3v) is 4.65. The van der Waals surface area contributed by atoms with Gasteiger partial charge in [0, 0.05) is 37.8 Å². The van der Waals surface area contributed by atoms with E-state index in [1.165, 1.54) is 6.07 Å². The van der Waals surface area contributed by atoms with Crippen LogP contribution in [-0.2, 0) is 13.2 Å². The number of piperazine rings is 1. The molecule has 1 atom stereocenters. The predicted molar refractivity (Wildman–Crippen MR) is 103 cm³/mol. The molecule has 0 aromatic heterocycles. The van der Waals surface area contributed by atoms with Crippen molar-refractivity contribution in [2.45, 2.75) is 26.1 Å². The summed E-state index contributed by atoms with van der Waals surface area (Å²) in [5.41, 5.74) is 1.68.